The van der Waals surface area contributed by atoms with Crippen molar-refractivity contribution in [1.29, 1.82) is 0 Å². The Bertz CT molecular complexity index is 704. The Hall–Kier alpha value is -2.06. The van der Waals surface area contributed by atoms with Gasteiger partial charge in [0.2, 0.25) is 0 Å². The third-order valence-electron chi connectivity index (χ3n) is 3.83. The van der Waals surface area contributed by atoms with Crippen molar-refractivity contribution in [2.75, 3.05) is 7.11 Å². The van der Waals surface area contributed by atoms with E-state index in [0.29, 0.717) is 17.0 Å². The highest BCUT2D eigenvalue weighted by Gasteiger charge is 2.26. The number of rotatable bonds is 2. The van der Waals surface area contributed by atoms with Gasteiger partial charge in [0.1, 0.15) is 0 Å². The van der Waals surface area contributed by atoms with Crippen LogP contribution in [-0.2, 0) is 9.53 Å². The lowest BCUT2D eigenvalue weighted by molar-refractivity contribution is -0.136. The SMILES string of the molecule is COC(=O)C1=Cc2ccc(Cl)cc2C(c2ccccc2)C1. The molecule has 3 heteroatoms. The minimum atomic E-state index is -0.267. The number of hydrogen-bond acceptors (Lipinski definition) is 2. The second-order valence-electron chi connectivity index (χ2n) is 5.10. The number of methoxy groups -OCH3 is 1. The van der Waals surface area contributed by atoms with Crippen molar-refractivity contribution in [1.82, 2.24) is 0 Å². The van der Waals surface area contributed by atoms with Crippen molar-refractivity contribution in [2.24, 2.45) is 0 Å². The Labute approximate surface area is 129 Å². The summed E-state index contributed by atoms with van der Waals surface area (Å²) in [4.78, 5) is 11.9. The van der Waals surface area contributed by atoms with Gasteiger partial charge in [-0.1, -0.05) is 48.0 Å². The van der Waals surface area contributed by atoms with Crippen LogP contribution in [0.4, 0.5) is 0 Å². The Morgan fingerprint density at radius 2 is 1.95 bits per heavy atom. The molecule has 0 bridgehead atoms. The number of esters is 1. The molecule has 0 fully saturated rings. The molecule has 1 aliphatic rings. The minimum absolute atomic E-state index is 0.124. The molecule has 0 aliphatic heterocycles. The zero-order valence-corrected chi connectivity index (χ0v) is 12.4. The molecule has 0 radical (unpaired) electrons. The van der Waals surface area contributed by atoms with Gasteiger partial charge >= 0.3 is 5.97 Å². The summed E-state index contributed by atoms with van der Waals surface area (Å²) in [5, 5.41) is 0.713. The smallest absolute Gasteiger partial charge is 0.333 e. The van der Waals surface area contributed by atoms with Crippen LogP contribution in [0, 0.1) is 0 Å². The van der Waals surface area contributed by atoms with E-state index in [4.69, 9.17) is 16.3 Å². The maximum atomic E-state index is 11.9. The highest BCUT2D eigenvalue weighted by Crippen LogP contribution is 2.39. The third-order valence-corrected chi connectivity index (χ3v) is 4.06. The van der Waals surface area contributed by atoms with Gasteiger partial charge in [-0.25, -0.2) is 4.79 Å². The Morgan fingerprint density at radius 3 is 2.67 bits per heavy atom. The average Bonchev–Trinajstić information content (AvgIpc) is 2.54. The van der Waals surface area contributed by atoms with E-state index in [1.54, 1.807) is 0 Å². The highest BCUT2D eigenvalue weighted by atomic mass is 35.5. The van der Waals surface area contributed by atoms with Crippen molar-refractivity contribution in [3.05, 3.63) is 75.8 Å². The first kappa shape index (κ1) is 13.9. The summed E-state index contributed by atoms with van der Waals surface area (Å²) in [6, 6.07) is 16.0. The van der Waals surface area contributed by atoms with Gasteiger partial charge in [0, 0.05) is 16.5 Å². The fourth-order valence-corrected chi connectivity index (χ4v) is 2.99. The Morgan fingerprint density at radius 1 is 1.19 bits per heavy atom. The van der Waals surface area contributed by atoms with Gasteiger partial charge in [0.15, 0.2) is 0 Å². The van der Waals surface area contributed by atoms with Crippen molar-refractivity contribution in [2.45, 2.75) is 12.3 Å². The van der Waals surface area contributed by atoms with Gasteiger partial charge in [-0.2, -0.15) is 0 Å². The predicted molar refractivity (Wildman–Crippen MR) is 84.3 cm³/mol. The normalized spacial score (nSPS) is 16.9. The first-order valence-corrected chi connectivity index (χ1v) is 7.20. The molecule has 0 heterocycles. The molecule has 1 unspecified atom stereocenters. The lowest BCUT2D eigenvalue weighted by Crippen LogP contribution is -2.15. The molecule has 0 saturated carbocycles. The Kier molecular flexibility index (Phi) is 3.80. The van der Waals surface area contributed by atoms with Gasteiger partial charge in [-0.3, -0.25) is 0 Å². The molecule has 0 amide bonds. The fourth-order valence-electron chi connectivity index (χ4n) is 2.81. The van der Waals surface area contributed by atoms with Crippen LogP contribution < -0.4 is 0 Å². The zero-order chi connectivity index (χ0) is 14.8. The predicted octanol–water partition coefficient (Wildman–Crippen LogP) is 4.43. The lowest BCUT2D eigenvalue weighted by Gasteiger charge is -2.25. The van der Waals surface area contributed by atoms with Crippen LogP contribution in [-0.4, -0.2) is 13.1 Å². The number of hydrogen-bond donors (Lipinski definition) is 0. The molecular weight excluding hydrogens is 284 g/mol. The zero-order valence-electron chi connectivity index (χ0n) is 11.7. The molecule has 0 aromatic heterocycles. The summed E-state index contributed by atoms with van der Waals surface area (Å²) in [6.07, 6.45) is 2.53. The van der Waals surface area contributed by atoms with Crippen molar-refractivity contribution in [3.8, 4) is 0 Å². The summed E-state index contributed by atoms with van der Waals surface area (Å²) in [7, 11) is 1.41. The maximum absolute atomic E-state index is 11.9. The topological polar surface area (TPSA) is 26.3 Å². The van der Waals surface area contributed by atoms with E-state index in [2.05, 4.69) is 12.1 Å². The van der Waals surface area contributed by atoms with Gasteiger partial charge in [0.25, 0.3) is 0 Å². The lowest BCUT2D eigenvalue weighted by atomic mass is 9.79. The molecule has 0 spiro atoms. The molecule has 106 valence electrons. The Balaban J connectivity index is 2.12. The number of halogens is 1. The maximum Gasteiger partial charge on any atom is 0.333 e. The molecule has 1 atom stereocenters. The van der Waals surface area contributed by atoms with Gasteiger partial charge < -0.3 is 4.74 Å². The number of carbonyl (C=O) groups excluding carboxylic acids is 1. The first-order valence-electron chi connectivity index (χ1n) is 6.82. The summed E-state index contributed by atoms with van der Waals surface area (Å²) in [6.45, 7) is 0. The van der Waals surface area contributed by atoms with Gasteiger partial charge in [-0.05, 0) is 41.3 Å². The van der Waals surface area contributed by atoms with Crippen molar-refractivity contribution >= 4 is 23.6 Å². The molecule has 2 aromatic rings. The molecule has 2 nitrogen and oxygen atoms in total. The summed E-state index contributed by atoms with van der Waals surface area (Å²) < 4.78 is 4.88. The number of carbonyl (C=O) groups is 1. The van der Waals surface area contributed by atoms with Crippen molar-refractivity contribution < 1.29 is 9.53 Å². The van der Waals surface area contributed by atoms with Crippen LogP contribution in [0.2, 0.25) is 5.02 Å². The van der Waals surface area contributed by atoms with Gasteiger partial charge in [0.05, 0.1) is 7.11 Å². The molecule has 1 aliphatic carbocycles. The van der Waals surface area contributed by atoms with Crippen LogP contribution in [0.15, 0.2) is 54.1 Å². The van der Waals surface area contributed by atoms with E-state index >= 15 is 0 Å². The third kappa shape index (κ3) is 2.72. The monoisotopic (exact) mass is 298 g/mol. The van der Waals surface area contributed by atoms with E-state index in [9.17, 15) is 4.79 Å². The fraction of sp³-hybridized carbons (Fsp3) is 0.167. The van der Waals surface area contributed by atoms with E-state index in [0.717, 1.165) is 11.1 Å². The van der Waals surface area contributed by atoms with Crippen LogP contribution in [0.3, 0.4) is 0 Å². The molecular formula is C18H15ClO2. The largest absolute Gasteiger partial charge is 0.466 e. The number of benzene rings is 2. The highest BCUT2D eigenvalue weighted by molar-refractivity contribution is 6.30. The average molecular weight is 299 g/mol. The molecule has 21 heavy (non-hydrogen) atoms. The van der Waals surface area contributed by atoms with Crippen LogP contribution >= 0.6 is 11.6 Å². The van der Waals surface area contributed by atoms with E-state index in [1.165, 1.54) is 12.7 Å². The van der Waals surface area contributed by atoms with E-state index in [-0.39, 0.29) is 11.9 Å². The second kappa shape index (κ2) is 5.74. The molecule has 2 aromatic carbocycles. The molecule has 0 N–H and O–H groups in total. The minimum Gasteiger partial charge on any atom is -0.466 e. The van der Waals surface area contributed by atoms with Crippen molar-refractivity contribution in [3.63, 3.8) is 0 Å². The standard InChI is InChI=1S/C18H15ClO2/c1-21-18(20)14-9-13-7-8-15(19)11-17(13)16(10-14)12-5-3-2-4-6-12/h2-9,11,16H,10H2,1H3. The summed E-state index contributed by atoms with van der Waals surface area (Å²) in [5.41, 5.74) is 4.05. The summed E-state index contributed by atoms with van der Waals surface area (Å²) in [5.74, 6) is -0.143. The molecule has 0 saturated heterocycles. The van der Waals surface area contributed by atoms with E-state index < -0.39 is 0 Å². The van der Waals surface area contributed by atoms with Crippen LogP contribution in [0.5, 0.6) is 0 Å². The van der Waals surface area contributed by atoms with Crippen LogP contribution in [0.25, 0.3) is 6.08 Å². The molecule has 3 rings (SSSR count). The first-order chi connectivity index (χ1) is 10.2. The second-order valence-corrected chi connectivity index (χ2v) is 5.54. The quantitative estimate of drug-likeness (QED) is 0.767. The number of ether oxygens (including phenoxy) is 1. The van der Waals surface area contributed by atoms with Gasteiger partial charge in [-0.15, -0.1) is 0 Å². The number of fused-ring (bicyclic) bond motifs is 1. The summed E-state index contributed by atoms with van der Waals surface area (Å²) >= 11 is 6.14. The van der Waals surface area contributed by atoms with Crippen LogP contribution in [0.1, 0.15) is 29.0 Å². The van der Waals surface area contributed by atoms with E-state index in [1.807, 2.05) is 42.5 Å².